The molecule has 2 aromatic carbocycles. The van der Waals surface area contributed by atoms with Crippen molar-refractivity contribution >= 4 is 16.8 Å². The van der Waals surface area contributed by atoms with Crippen molar-refractivity contribution in [3.63, 3.8) is 0 Å². The Labute approximate surface area is 147 Å². The van der Waals surface area contributed by atoms with Crippen LogP contribution in [0.15, 0.2) is 48.5 Å². The molecule has 1 aromatic heterocycles. The average Bonchev–Trinajstić information content (AvgIpc) is 3.13. The van der Waals surface area contributed by atoms with Crippen LogP contribution in [0.1, 0.15) is 39.2 Å². The molecule has 0 unspecified atom stereocenters. The van der Waals surface area contributed by atoms with Gasteiger partial charge in [0.1, 0.15) is 0 Å². The van der Waals surface area contributed by atoms with Crippen molar-refractivity contribution in [3.8, 4) is 0 Å². The number of aryl methyl sites for hydroxylation is 1. The summed E-state index contributed by atoms with van der Waals surface area (Å²) < 4.78 is 0. The van der Waals surface area contributed by atoms with Gasteiger partial charge >= 0.3 is 0 Å². The predicted octanol–water partition coefficient (Wildman–Crippen LogP) is 3.92. The summed E-state index contributed by atoms with van der Waals surface area (Å²) in [5, 5.41) is 1.01. The highest BCUT2D eigenvalue weighted by atomic mass is 16.2. The van der Waals surface area contributed by atoms with Crippen LogP contribution < -0.4 is 0 Å². The lowest BCUT2D eigenvalue weighted by Crippen LogP contribution is -2.36. The van der Waals surface area contributed by atoms with Gasteiger partial charge in [-0.2, -0.15) is 0 Å². The zero-order valence-corrected chi connectivity index (χ0v) is 14.2. The molecule has 2 aliphatic rings. The standard InChI is InChI=1S/C22H20N2O/c25-22(24-13-12-15-6-1-2-7-16(15)14-24)21-17-8-3-4-10-19(17)23-20-11-5-9-18(20)21/h1-4,6-8,10H,5,9,11-14H2. The van der Waals surface area contributed by atoms with Crippen LogP contribution in [-0.4, -0.2) is 22.3 Å². The Kier molecular flexibility index (Phi) is 3.34. The molecule has 5 rings (SSSR count). The minimum Gasteiger partial charge on any atom is -0.334 e. The number of pyridine rings is 1. The summed E-state index contributed by atoms with van der Waals surface area (Å²) in [5.74, 6) is 0.172. The first-order valence-electron chi connectivity index (χ1n) is 9.08. The van der Waals surface area contributed by atoms with E-state index in [9.17, 15) is 4.79 Å². The fourth-order valence-electron chi connectivity index (χ4n) is 4.28. The third-order valence-corrected chi connectivity index (χ3v) is 5.55. The molecule has 0 spiro atoms. The van der Waals surface area contributed by atoms with Gasteiger partial charge in [-0.15, -0.1) is 0 Å². The van der Waals surface area contributed by atoms with Crippen molar-refractivity contribution in [2.75, 3.05) is 6.54 Å². The first kappa shape index (κ1) is 14.6. The second kappa shape index (κ2) is 5.69. The molecule has 1 amide bonds. The fraction of sp³-hybridized carbons (Fsp3) is 0.273. The Bertz CT molecular complexity index is 992. The van der Waals surface area contributed by atoms with Gasteiger partial charge < -0.3 is 4.90 Å². The molecule has 0 radical (unpaired) electrons. The fourth-order valence-corrected chi connectivity index (χ4v) is 4.28. The van der Waals surface area contributed by atoms with Crippen molar-refractivity contribution in [2.45, 2.75) is 32.2 Å². The number of hydrogen-bond donors (Lipinski definition) is 0. The van der Waals surface area contributed by atoms with E-state index in [0.717, 1.165) is 54.4 Å². The predicted molar refractivity (Wildman–Crippen MR) is 98.7 cm³/mol. The number of carbonyl (C=O) groups is 1. The maximum Gasteiger partial charge on any atom is 0.255 e. The Morgan fingerprint density at radius 3 is 2.64 bits per heavy atom. The summed E-state index contributed by atoms with van der Waals surface area (Å²) in [6, 6.07) is 16.5. The normalized spacial score (nSPS) is 15.9. The third-order valence-electron chi connectivity index (χ3n) is 5.55. The van der Waals surface area contributed by atoms with Gasteiger partial charge in [-0.25, -0.2) is 0 Å². The average molecular weight is 328 g/mol. The van der Waals surface area contributed by atoms with Gasteiger partial charge in [0, 0.05) is 24.2 Å². The van der Waals surface area contributed by atoms with Crippen LogP contribution in [0.3, 0.4) is 0 Å². The Balaban J connectivity index is 1.61. The van der Waals surface area contributed by atoms with E-state index in [0.29, 0.717) is 6.54 Å². The van der Waals surface area contributed by atoms with Crippen molar-refractivity contribution in [3.05, 3.63) is 76.5 Å². The molecule has 25 heavy (non-hydrogen) atoms. The second-order valence-electron chi connectivity index (χ2n) is 7.03. The van der Waals surface area contributed by atoms with Gasteiger partial charge in [0.25, 0.3) is 5.91 Å². The van der Waals surface area contributed by atoms with Gasteiger partial charge in [0.15, 0.2) is 0 Å². The quantitative estimate of drug-likeness (QED) is 0.678. The minimum absolute atomic E-state index is 0.172. The van der Waals surface area contributed by atoms with Crippen LogP contribution >= 0.6 is 0 Å². The largest absolute Gasteiger partial charge is 0.334 e. The molecule has 0 N–H and O–H groups in total. The van der Waals surface area contributed by atoms with Crippen LogP contribution in [0, 0.1) is 0 Å². The summed E-state index contributed by atoms with van der Waals surface area (Å²) in [4.78, 5) is 20.3. The van der Waals surface area contributed by atoms with Gasteiger partial charge in [0.05, 0.1) is 11.1 Å². The van der Waals surface area contributed by atoms with Crippen LogP contribution in [0.25, 0.3) is 10.9 Å². The molecule has 3 heteroatoms. The summed E-state index contributed by atoms with van der Waals surface area (Å²) in [6.45, 7) is 1.50. The lowest BCUT2D eigenvalue weighted by Gasteiger charge is -2.30. The van der Waals surface area contributed by atoms with Gasteiger partial charge in [-0.1, -0.05) is 42.5 Å². The first-order valence-corrected chi connectivity index (χ1v) is 9.08. The molecule has 0 bridgehead atoms. The lowest BCUT2D eigenvalue weighted by atomic mass is 9.96. The van der Waals surface area contributed by atoms with Crippen molar-refractivity contribution in [2.24, 2.45) is 0 Å². The molecule has 0 saturated heterocycles. The van der Waals surface area contributed by atoms with E-state index in [1.165, 1.54) is 16.7 Å². The third kappa shape index (κ3) is 2.34. The molecule has 1 aliphatic heterocycles. The highest BCUT2D eigenvalue weighted by molar-refractivity contribution is 6.07. The maximum absolute atomic E-state index is 13.5. The smallest absolute Gasteiger partial charge is 0.255 e. The maximum atomic E-state index is 13.5. The van der Waals surface area contributed by atoms with Gasteiger partial charge in [-0.3, -0.25) is 9.78 Å². The minimum atomic E-state index is 0.172. The number of rotatable bonds is 1. The second-order valence-corrected chi connectivity index (χ2v) is 7.03. The molecule has 3 nitrogen and oxygen atoms in total. The first-order chi connectivity index (χ1) is 12.3. The van der Waals surface area contributed by atoms with Crippen molar-refractivity contribution < 1.29 is 4.79 Å². The zero-order valence-electron chi connectivity index (χ0n) is 14.2. The number of benzene rings is 2. The van der Waals surface area contributed by atoms with Crippen LogP contribution in [0.5, 0.6) is 0 Å². The molecule has 2 heterocycles. The van der Waals surface area contributed by atoms with E-state index in [2.05, 4.69) is 24.3 Å². The molecule has 3 aromatic rings. The van der Waals surface area contributed by atoms with Crippen molar-refractivity contribution in [1.29, 1.82) is 0 Å². The Morgan fingerprint density at radius 1 is 0.920 bits per heavy atom. The van der Waals surface area contributed by atoms with E-state index >= 15 is 0 Å². The van der Waals surface area contributed by atoms with E-state index in [4.69, 9.17) is 4.98 Å². The van der Waals surface area contributed by atoms with Crippen LogP contribution in [-0.2, 0) is 25.8 Å². The zero-order chi connectivity index (χ0) is 16.8. The van der Waals surface area contributed by atoms with E-state index < -0.39 is 0 Å². The number of para-hydroxylation sites is 1. The molecule has 0 atom stereocenters. The van der Waals surface area contributed by atoms with E-state index in [-0.39, 0.29) is 5.91 Å². The molecule has 0 saturated carbocycles. The van der Waals surface area contributed by atoms with Gasteiger partial charge in [-0.05, 0) is 48.4 Å². The Morgan fingerprint density at radius 2 is 1.72 bits per heavy atom. The molecular formula is C22H20N2O. The summed E-state index contributed by atoms with van der Waals surface area (Å²) in [6.07, 6.45) is 4.00. The molecular weight excluding hydrogens is 308 g/mol. The van der Waals surface area contributed by atoms with E-state index in [1.807, 2.05) is 29.2 Å². The van der Waals surface area contributed by atoms with E-state index in [1.54, 1.807) is 0 Å². The molecule has 0 fully saturated rings. The van der Waals surface area contributed by atoms with Crippen molar-refractivity contribution in [1.82, 2.24) is 9.88 Å². The highest BCUT2D eigenvalue weighted by Gasteiger charge is 2.28. The lowest BCUT2D eigenvalue weighted by molar-refractivity contribution is 0.0735. The highest BCUT2D eigenvalue weighted by Crippen LogP contribution is 2.32. The topological polar surface area (TPSA) is 33.2 Å². The summed E-state index contributed by atoms with van der Waals surface area (Å²) in [5.41, 5.74) is 6.80. The molecule has 124 valence electrons. The SMILES string of the molecule is O=C(c1c2c(nc3ccccc13)CCC2)N1CCc2ccccc2C1. The summed E-state index contributed by atoms with van der Waals surface area (Å²) in [7, 11) is 0. The Hall–Kier alpha value is -2.68. The van der Waals surface area contributed by atoms with Gasteiger partial charge in [0.2, 0.25) is 0 Å². The van der Waals surface area contributed by atoms with Crippen LogP contribution in [0.4, 0.5) is 0 Å². The van der Waals surface area contributed by atoms with Crippen LogP contribution in [0.2, 0.25) is 0 Å². The molecule has 1 aliphatic carbocycles. The number of fused-ring (bicyclic) bond motifs is 3. The number of carbonyl (C=O) groups excluding carboxylic acids is 1. The number of hydrogen-bond acceptors (Lipinski definition) is 2. The number of aromatic nitrogens is 1. The number of amides is 1. The monoisotopic (exact) mass is 328 g/mol. The summed E-state index contributed by atoms with van der Waals surface area (Å²) >= 11 is 0. The number of nitrogens with zero attached hydrogens (tertiary/aromatic N) is 2.